The first kappa shape index (κ1) is 16.9. The Morgan fingerprint density at radius 2 is 1.92 bits per heavy atom. The number of fused-ring (bicyclic) bond motifs is 2. The summed E-state index contributed by atoms with van der Waals surface area (Å²) in [4.78, 5) is 21.1. The van der Waals surface area contributed by atoms with E-state index in [2.05, 4.69) is 40.7 Å². The van der Waals surface area contributed by atoms with Crippen molar-refractivity contribution >= 4 is 16.9 Å². The van der Waals surface area contributed by atoms with Crippen LogP contribution in [0, 0.1) is 5.92 Å². The first-order valence-corrected chi connectivity index (χ1v) is 9.32. The Balaban J connectivity index is 1.70. The van der Waals surface area contributed by atoms with Crippen molar-refractivity contribution in [2.75, 3.05) is 4.90 Å². The zero-order valence-corrected chi connectivity index (χ0v) is 15.9. The van der Waals surface area contributed by atoms with E-state index in [1.807, 2.05) is 24.1 Å². The molecule has 0 saturated carbocycles. The van der Waals surface area contributed by atoms with Gasteiger partial charge in [0.05, 0.1) is 23.8 Å². The van der Waals surface area contributed by atoms with Crippen LogP contribution in [0.15, 0.2) is 12.4 Å². The molecule has 136 valence electrons. The molecule has 4 heterocycles. The summed E-state index contributed by atoms with van der Waals surface area (Å²) in [6.45, 7) is 8.07. The second-order valence-corrected chi connectivity index (χ2v) is 7.43. The number of nitrogens with zero attached hydrogens (tertiary/aromatic N) is 7. The minimum absolute atomic E-state index is 0.555. The van der Waals surface area contributed by atoms with Gasteiger partial charge in [-0.2, -0.15) is 5.10 Å². The van der Waals surface area contributed by atoms with Crippen molar-refractivity contribution in [2.45, 2.75) is 53.1 Å². The van der Waals surface area contributed by atoms with Crippen molar-refractivity contribution in [3.05, 3.63) is 35.3 Å². The molecular formula is C19H25N7. The molecule has 0 fully saturated rings. The molecule has 0 radical (unpaired) electrons. The van der Waals surface area contributed by atoms with E-state index in [1.54, 1.807) is 0 Å². The summed E-state index contributed by atoms with van der Waals surface area (Å²) in [6.07, 6.45) is 6.64. The van der Waals surface area contributed by atoms with E-state index in [9.17, 15) is 0 Å². The highest BCUT2D eigenvalue weighted by Gasteiger charge is 2.25. The van der Waals surface area contributed by atoms with Crippen molar-refractivity contribution in [1.82, 2.24) is 29.7 Å². The predicted octanol–water partition coefficient (Wildman–Crippen LogP) is 2.82. The van der Waals surface area contributed by atoms with Crippen LogP contribution >= 0.6 is 0 Å². The molecule has 0 unspecified atom stereocenters. The quantitative estimate of drug-likeness (QED) is 0.704. The number of rotatable bonds is 5. The first-order valence-electron chi connectivity index (χ1n) is 9.32. The summed E-state index contributed by atoms with van der Waals surface area (Å²) in [5.41, 5.74) is 3.19. The largest absolute Gasteiger partial charge is 0.346 e. The van der Waals surface area contributed by atoms with Gasteiger partial charge in [-0.25, -0.2) is 19.9 Å². The highest BCUT2D eigenvalue weighted by molar-refractivity contribution is 5.87. The molecule has 0 aromatic carbocycles. The van der Waals surface area contributed by atoms with E-state index in [0.717, 1.165) is 66.5 Å². The van der Waals surface area contributed by atoms with Crippen molar-refractivity contribution in [2.24, 2.45) is 13.0 Å². The highest BCUT2D eigenvalue weighted by Crippen LogP contribution is 2.31. The Bertz CT molecular complexity index is 944. The lowest BCUT2D eigenvalue weighted by Gasteiger charge is -2.17. The summed E-state index contributed by atoms with van der Waals surface area (Å²) in [6, 6.07) is 0. The maximum Gasteiger partial charge on any atom is 0.163 e. The second kappa shape index (κ2) is 6.63. The average molecular weight is 351 g/mol. The second-order valence-electron chi connectivity index (χ2n) is 7.43. The zero-order valence-electron chi connectivity index (χ0n) is 15.9. The molecule has 3 aromatic rings. The molecule has 0 atom stereocenters. The minimum atomic E-state index is 0.555. The lowest BCUT2D eigenvalue weighted by atomic mass is 10.1. The molecule has 4 rings (SSSR count). The van der Waals surface area contributed by atoms with Gasteiger partial charge in [0, 0.05) is 38.2 Å². The number of hydrogen-bond donors (Lipinski definition) is 0. The molecule has 7 heteroatoms. The molecular weight excluding hydrogens is 326 g/mol. The summed E-state index contributed by atoms with van der Waals surface area (Å²) in [5, 5.41) is 5.38. The Morgan fingerprint density at radius 3 is 2.69 bits per heavy atom. The van der Waals surface area contributed by atoms with Crippen molar-refractivity contribution in [3.8, 4) is 0 Å². The molecule has 0 amide bonds. The van der Waals surface area contributed by atoms with E-state index < -0.39 is 0 Å². The maximum atomic E-state index is 4.85. The molecule has 0 bridgehead atoms. The van der Waals surface area contributed by atoms with Crippen LogP contribution in [-0.2, 0) is 33.0 Å². The number of aryl methyl sites for hydroxylation is 2. The highest BCUT2D eigenvalue weighted by atomic mass is 15.3. The van der Waals surface area contributed by atoms with Crippen LogP contribution in [0.25, 0.3) is 11.0 Å². The maximum absolute atomic E-state index is 4.85. The Labute approximate surface area is 153 Å². The van der Waals surface area contributed by atoms with Gasteiger partial charge < -0.3 is 4.90 Å². The topological polar surface area (TPSA) is 72.6 Å². The molecule has 1 aliphatic heterocycles. The summed E-state index contributed by atoms with van der Waals surface area (Å²) < 4.78 is 1.82. The van der Waals surface area contributed by atoms with Crippen LogP contribution in [0.3, 0.4) is 0 Å². The lowest BCUT2D eigenvalue weighted by Crippen LogP contribution is -2.18. The van der Waals surface area contributed by atoms with E-state index in [4.69, 9.17) is 9.97 Å². The van der Waals surface area contributed by atoms with Crippen LogP contribution in [0.4, 0.5) is 5.82 Å². The lowest BCUT2D eigenvalue weighted by molar-refractivity contribution is 0.617. The smallest absolute Gasteiger partial charge is 0.163 e. The SMILES string of the molecule is CCCc1nc(N2Cc3cnc(CC(C)C)nc3C2)c2cnn(C)c2n1. The Morgan fingerprint density at radius 1 is 1.08 bits per heavy atom. The van der Waals surface area contributed by atoms with E-state index >= 15 is 0 Å². The third-order valence-electron chi connectivity index (χ3n) is 4.69. The molecule has 0 N–H and O–H groups in total. The fourth-order valence-corrected chi connectivity index (χ4v) is 3.44. The predicted molar refractivity (Wildman–Crippen MR) is 101 cm³/mol. The molecule has 0 spiro atoms. The van der Waals surface area contributed by atoms with Gasteiger partial charge in [0.15, 0.2) is 5.65 Å². The van der Waals surface area contributed by atoms with Gasteiger partial charge >= 0.3 is 0 Å². The Kier molecular flexibility index (Phi) is 4.30. The van der Waals surface area contributed by atoms with Crippen molar-refractivity contribution < 1.29 is 0 Å². The summed E-state index contributed by atoms with van der Waals surface area (Å²) >= 11 is 0. The van der Waals surface area contributed by atoms with Crippen LogP contribution in [0.1, 0.15) is 50.1 Å². The summed E-state index contributed by atoms with van der Waals surface area (Å²) in [7, 11) is 1.93. The van der Waals surface area contributed by atoms with Crippen molar-refractivity contribution in [1.29, 1.82) is 0 Å². The molecule has 3 aromatic heterocycles. The monoisotopic (exact) mass is 351 g/mol. The van der Waals surface area contributed by atoms with Gasteiger partial charge in [-0.3, -0.25) is 4.68 Å². The van der Waals surface area contributed by atoms with Gasteiger partial charge in [0.1, 0.15) is 17.5 Å². The Hall–Kier alpha value is -2.57. The number of aromatic nitrogens is 6. The average Bonchev–Trinajstić information content (AvgIpc) is 3.18. The fourth-order valence-electron chi connectivity index (χ4n) is 3.44. The third kappa shape index (κ3) is 3.02. The number of anilines is 1. The van der Waals surface area contributed by atoms with Gasteiger partial charge in [0.2, 0.25) is 0 Å². The zero-order chi connectivity index (χ0) is 18.3. The molecule has 1 aliphatic rings. The van der Waals surface area contributed by atoms with Gasteiger partial charge in [-0.15, -0.1) is 0 Å². The summed E-state index contributed by atoms with van der Waals surface area (Å²) in [5.74, 6) is 3.32. The molecule has 26 heavy (non-hydrogen) atoms. The van der Waals surface area contributed by atoms with Crippen molar-refractivity contribution in [3.63, 3.8) is 0 Å². The van der Waals surface area contributed by atoms with Crippen LogP contribution in [-0.4, -0.2) is 29.7 Å². The van der Waals surface area contributed by atoms with Crippen LogP contribution < -0.4 is 4.90 Å². The van der Waals surface area contributed by atoms with E-state index in [1.165, 1.54) is 5.56 Å². The van der Waals surface area contributed by atoms with Crippen LogP contribution in [0.2, 0.25) is 0 Å². The third-order valence-corrected chi connectivity index (χ3v) is 4.69. The molecule has 7 nitrogen and oxygen atoms in total. The fraction of sp³-hybridized carbons (Fsp3) is 0.526. The van der Waals surface area contributed by atoms with Crippen LogP contribution in [0.5, 0.6) is 0 Å². The molecule has 0 saturated heterocycles. The number of hydrogen-bond acceptors (Lipinski definition) is 6. The van der Waals surface area contributed by atoms with Gasteiger partial charge in [-0.1, -0.05) is 20.8 Å². The minimum Gasteiger partial charge on any atom is -0.346 e. The van der Waals surface area contributed by atoms with E-state index in [0.29, 0.717) is 5.92 Å². The van der Waals surface area contributed by atoms with Gasteiger partial charge in [-0.05, 0) is 12.3 Å². The first-order chi connectivity index (χ1) is 12.5. The standard InChI is InChI=1S/C19H25N7/c1-5-6-16-23-18-14(9-21-25(18)4)19(24-16)26-10-13-8-20-17(7-12(2)3)22-15(13)11-26/h8-9,12H,5-7,10-11H2,1-4H3. The van der Waals surface area contributed by atoms with E-state index in [-0.39, 0.29) is 0 Å². The molecule has 0 aliphatic carbocycles. The van der Waals surface area contributed by atoms with Gasteiger partial charge in [0.25, 0.3) is 0 Å². The normalized spacial score (nSPS) is 13.8.